The zero-order valence-electron chi connectivity index (χ0n) is 11.5. The molecule has 0 saturated carbocycles. The molecule has 108 valence electrons. The van der Waals surface area contributed by atoms with Crippen LogP contribution in [0.4, 0.5) is 0 Å². The summed E-state index contributed by atoms with van der Waals surface area (Å²) in [5.41, 5.74) is 8.21. The lowest BCUT2D eigenvalue weighted by molar-refractivity contribution is 0.714. The minimum Gasteiger partial charge on any atom is -0.327 e. The van der Waals surface area contributed by atoms with Gasteiger partial charge in [0.1, 0.15) is 0 Å². The average Bonchev–Trinajstić information content (AvgIpc) is 2.89. The molecule has 0 spiro atoms. The molecule has 1 aromatic carbocycles. The van der Waals surface area contributed by atoms with Gasteiger partial charge in [0.05, 0.1) is 5.25 Å². The molecule has 2 N–H and O–H groups in total. The molecule has 0 amide bonds. The summed E-state index contributed by atoms with van der Waals surface area (Å²) in [5, 5.41) is 9.42. The van der Waals surface area contributed by atoms with Crippen molar-refractivity contribution in [3.8, 4) is 0 Å². The van der Waals surface area contributed by atoms with E-state index in [1.54, 1.807) is 11.8 Å². The summed E-state index contributed by atoms with van der Waals surface area (Å²) < 4.78 is 3.05. The first-order valence-corrected chi connectivity index (χ1v) is 8.30. The molecular weight excluding hydrogens is 348 g/mol. The molecule has 3 aromatic rings. The number of thioether (sulfide) groups is 1. The number of nitrogens with zero attached hydrogens (tertiary/aromatic N) is 3. The van der Waals surface area contributed by atoms with E-state index in [0.29, 0.717) is 0 Å². The topological polar surface area (TPSA) is 56.2 Å². The first-order chi connectivity index (χ1) is 10.2. The number of hydrogen-bond donors (Lipinski definition) is 1. The molecule has 0 saturated heterocycles. The third-order valence-electron chi connectivity index (χ3n) is 3.20. The molecule has 2 atom stereocenters. The van der Waals surface area contributed by atoms with Gasteiger partial charge in [-0.3, -0.25) is 4.40 Å². The molecule has 0 fully saturated rings. The molecular formula is C15H15BrN4S. The number of pyridine rings is 1. The van der Waals surface area contributed by atoms with E-state index < -0.39 is 0 Å². The molecule has 2 aromatic heterocycles. The van der Waals surface area contributed by atoms with Gasteiger partial charge in [-0.25, -0.2) is 0 Å². The Labute approximate surface area is 135 Å². The Bertz CT molecular complexity index is 756. The van der Waals surface area contributed by atoms with Crippen molar-refractivity contribution in [3.63, 3.8) is 0 Å². The molecule has 0 radical (unpaired) electrons. The summed E-state index contributed by atoms with van der Waals surface area (Å²) in [7, 11) is 0. The van der Waals surface area contributed by atoms with Crippen molar-refractivity contribution in [1.29, 1.82) is 0 Å². The number of nitrogens with two attached hydrogens (primary N) is 1. The average molecular weight is 363 g/mol. The highest BCUT2D eigenvalue weighted by molar-refractivity contribution is 9.10. The van der Waals surface area contributed by atoms with E-state index in [1.165, 1.54) is 5.56 Å². The van der Waals surface area contributed by atoms with Crippen molar-refractivity contribution in [2.75, 3.05) is 0 Å². The van der Waals surface area contributed by atoms with Gasteiger partial charge in [0.2, 0.25) is 0 Å². The highest BCUT2D eigenvalue weighted by Crippen LogP contribution is 2.39. The number of benzene rings is 1. The molecule has 21 heavy (non-hydrogen) atoms. The number of aromatic nitrogens is 3. The summed E-state index contributed by atoms with van der Waals surface area (Å²) in [4.78, 5) is 0. The van der Waals surface area contributed by atoms with Crippen molar-refractivity contribution in [2.45, 2.75) is 23.4 Å². The number of hydrogen-bond acceptors (Lipinski definition) is 4. The largest absolute Gasteiger partial charge is 0.327 e. The third-order valence-corrected chi connectivity index (χ3v) is 5.35. The van der Waals surface area contributed by atoms with Gasteiger partial charge in [0, 0.05) is 16.7 Å². The second-order valence-electron chi connectivity index (χ2n) is 4.83. The van der Waals surface area contributed by atoms with E-state index in [0.717, 1.165) is 15.3 Å². The Balaban J connectivity index is 1.98. The molecule has 0 aliphatic heterocycles. The highest BCUT2D eigenvalue weighted by atomic mass is 79.9. The van der Waals surface area contributed by atoms with Crippen LogP contribution in [0.5, 0.6) is 0 Å². The predicted molar refractivity (Wildman–Crippen MR) is 89.4 cm³/mol. The fraction of sp³-hybridized carbons (Fsp3) is 0.200. The Morgan fingerprint density at radius 2 is 1.90 bits per heavy atom. The number of rotatable bonds is 4. The van der Waals surface area contributed by atoms with Gasteiger partial charge in [-0.2, -0.15) is 0 Å². The second kappa shape index (κ2) is 6.17. The van der Waals surface area contributed by atoms with Crippen molar-refractivity contribution < 1.29 is 0 Å². The Morgan fingerprint density at radius 3 is 2.67 bits per heavy atom. The van der Waals surface area contributed by atoms with E-state index in [9.17, 15) is 0 Å². The van der Waals surface area contributed by atoms with Crippen molar-refractivity contribution in [1.82, 2.24) is 14.6 Å². The molecule has 4 nitrogen and oxygen atoms in total. The highest BCUT2D eigenvalue weighted by Gasteiger charge is 2.22. The monoisotopic (exact) mass is 362 g/mol. The molecule has 6 heteroatoms. The van der Waals surface area contributed by atoms with Crippen LogP contribution in [-0.2, 0) is 0 Å². The van der Waals surface area contributed by atoms with Crippen molar-refractivity contribution in [3.05, 3.63) is 58.7 Å². The summed E-state index contributed by atoms with van der Waals surface area (Å²) in [6, 6.07) is 14.0. The lowest BCUT2D eigenvalue weighted by atomic mass is 10.1. The number of fused-ring (bicyclic) bond motifs is 1. The lowest BCUT2D eigenvalue weighted by Crippen LogP contribution is -2.23. The zero-order chi connectivity index (χ0) is 14.8. The van der Waals surface area contributed by atoms with Crippen LogP contribution in [0, 0.1) is 0 Å². The summed E-state index contributed by atoms with van der Waals surface area (Å²) in [6.45, 7) is 2.01. The quantitative estimate of drug-likeness (QED) is 0.719. The number of halogens is 1. The van der Waals surface area contributed by atoms with Gasteiger partial charge < -0.3 is 5.73 Å². The second-order valence-corrected chi connectivity index (χ2v) is 6.79. The SMILES string of the molecule is CC(N)C(Sc1nnc2ccccn12)c1ccccc1Br. The van der Waals surface area contributed by atoms with E-state index in [1.807, 2.05) is 53.9 Å². The van der Waals surface area contributed by atoms with E-state index in [2.05, 4.69) is 32.2 Å². The predicted octanol–water partition coefficient (Wildman–Crippen LogP) is 3.67. The van der Waals surface area contributed by atoms with E-state index in [-0.39, 0.29) is 11.3 Å². The van der Waals surface area contributed by atoms with Crippen LogP contribution in [0.1, 0.15) is 17.7 Å². The molecule has 2 unspecified atom stereocenters. The van der Waals surface area contributed by atoms with E-state index in [4.69, 9.17) is 5.73 Å². The molecule has 0 aliphatic carbocycles. The van der Waals surface area contributed by atoms with Gasteiger partial charge in [-0.1, -0.05) is 52.0 Å². The molecule has 2 heterocycles. The van der Waals surface area contributed by atoms with Crippen LogP contribution in [0.3, 0.4) is 0 Å². The normalized spacial score (nSPS) is 14.2. The first kappa shape index (κ1) is 14.6. The van der Waals surface area contributed by atoms with E-state index >= 15 is 0 Å². The summed E-state index contributed by atoms with van der Waals surface area (Å²) in [5.74, 6) is 0. The fourth-order valence-electron chi connectivity index (χ4n) is 2.17. The Morgan fingerprint density at radius 1 is 1.14 bits per heavy atom. The van der Waals surface area contributed by atoms with Crippen LogP contribution in [0.25, 0.3) is 5.65 Å². The summed E-state index contributed by atoms with van der Waals surface area (Å²) in [6.07, 6.45) is 1.97. The smallest absolute Gasteiger partial charge is 0.196 e. The fourth-order valence-corrected chi connectivity index (χ4v) is 3.99. The maximum absolute atomic E-state index is 6.20. The first-order valence-electron chi connectivity index (χ1n) is 6.63. The van der Waals surface area contributed by atoms with Crippen LogP contribution in [0.2, 0.25) is 0 Å². The van der Waals surface area contributed by atoms with Crippen LogP contribution in [-0.4, -0.2) is 20.6 Å². The van der Waals surface area contributed by atoms with Crippen molar-refractivity contribution >= 4 is 33.3 Å². The van der Waals surface area contributed by atoms with Gasteiger partial charge in [-0.05, 0) is 30.7 Å². The molecule has 0 bridgehead atoms. The van der Waals surface area contributed by atoms with Gasteiger partial charge in [0.15, 0.2) is 10.8 Å². The third kappa shape index (κ3) is 2.97. The lowest BCUT2D eigenvalue weighted by Gasteiger charge is -2.21. The molecule has 3 rings (SSSR count). The molecule has 0 aliphatic rings. The maximum atomic E-state index is 6.20. The van der Waals surface area contributed by atoms with Crippen LogP contribution < -0.4 is 5.73 Å². The van der Waals surface area contributed by atoms with Crippen molar-refractivity contribution in [2.24, 2.45) is 5.73 Å². The summed E-state index contributed by atoms with van der Waals surface area (Å²) >= 11 is 5.24. The van der Waals surface area contributed by atoms with Crippen LogP contribution in [0.15, 0.2) is 58.3 Å². The Hall–Kier alpha value is -1.37. The minimum absolute atomic E-state index is 0.00948. The maximum Gasteiger partial charge on any atom is 0.196 e. The minimum atomic E-state index is -0.00948. The van der Waals surface area contributed by atoms with Gasteiger partial charge in [-0.15, -0.1) is 10.2 Å². The van der Waals surface area contributed by atoms with Gasteiger partial charge >= 0.3 is 0 Å². The van der Waals surface area contributed by atoms with Crippen LogP contribution >= 0.6 is 27.7 Å². The Kier molecular flexibility index (Phi) is 4.28. The standard InChI is InChI=1S/C15H15BrN4S/c1-10(17)14(11-6-2-3-7-12(11)16)21-15-19-18-13-8-4-5-9-20(13)15/h2-10,14H,17H2,1H3. The zero-order valence-corrected chi connectivity index (χ0v) is 13.9. The van der Waals surface area contributed by atoms with Gasteiger partial charge in [0.25, 0.3) is 0 Å².